The molecular formula is C29H55N6O12Y-. The molecule has 18 nitrogen and oxygen atoms in total. The van der Waals surface area contributed by atoms with Gasteiger partial charge >= 0.3 is 11.9 Å². The minimum absolute atomic E-state index is 0. The Morgan fingerprint density at radius 3 is 1.56 bits per heavy atom. The van der Waals surface area contributed by atoms with Gasteiger partial charge in [0.05, 0.1) is 39.7 Å². The molecule has 0 aliphatic rings. The number of Topliss-reactive ketones (excluding diaryl/α,β-unsaturated/α-hetero) is 1. The van der Waals surface area contributed by atoms with Gasteiger partial charge in [-0.05, 0) is 0 Å². The fraction of sp³-hybridized carbons (Fsp3) is 0.690. The molecule has 0 bridgehead atoms. The van der Waals surface area contributed by atoms with Crippen LogP contribution < -0.4 is 32.5 Å². The summed E-state index contributed by atoms with van der Waals surface area (Å²) in [6.45, 7) is 8.23. The zero-order valence-electron chi connectivity index (χ0n) is 30.0. The number of methoxy groups -OCH3 is 3. The van der Waals surface area contributed by atoms with Gasteiger partial charge in [-0.3, -0.25) is 43.2 Å². The molecular weight excluding hydrogens is 713 g/mol. The normalized spacial score (nSPS) is 11.8. The second-order valence-electron chi connectivity index (χ2n) is 9.63. The average Bonchev–Trinajstić information content (AvgIpc) is 3.04. The number of rotatable bonds is 16. The van der Waals surface area contributed by atoms with Gasteiger partial charge in [-0.1, -0.05) is 20.8 Å². The molecule has 7 N–H and O–H groups in total. The van der Waals surface area contributed by atoms with Crippen molar-refractivity contribution in [3.8, 4) is 0 Å². The van der Waals surface area contributed by atoms with E-state index in [-0.39, 0.29) is 130 Å². The number of likely N-dealkylation sites (N-methyl/N-ethyl adjacent to an activating group) is 1. The number of hydrogen-bond donors (Lipinski definition) is 6. The van der Waals surface area contributed by atoms with Crippen LogP contribution in [0.15, 0.2) is 0 Å². The van der Waals surface area contributed by atoms with Gasteiger partial charge in [-0.25, -0.2) is 12.0 Å². The number of ketones is 1. The number of nitrogens with one attached hydrogen (secondary N) is 5. The first-order chi connectivity index (χ1) is 22.0. The SMILES string of the molecule is CNC(=O)C(C)CC(=O)OC.CNC(=O)C(N)CC(=O)COC.CNC(=O)CC(C)C(=O)NOC.C[CH-]NC(=O)CC(C)C(=O)OC.[Y]. The Morgan fingerprint density at radius 2 is 1.17 bits per heavy atom. The number of esters is 2. The van der Waals surface area contributed by atoms with Crippen molar-refractivity contribution in [2.24, 2.45) is 23.5 Å². The molecule has 0 aliphatic heterocycles. The summed E-state index contributed by atoms with van der Waals surface area (Å²) in [6, 6.07) is -0.766. The van der Waals surface area contributed by atoms with Crippen molar-refractivity contribution < 1.29 is 90.1 Å². The smallest absolute Gasteiger partial charge is 0.308 e. The Balaban J connectivity index is -0.000000170. The maximum Gasteiger partial charge on any atom is 0.308 e. The van der Waals surface area contributed by atoms with Crippen LogP contribution in [0.1, 0.15) is 53.4 Å². The quantitative estimate of drug-likeness (QED) is 0.0595. The predicted octanol–water partition coefficient (Wildman–Crippen LogP) is -1.49. The monoisotopic (exact) mass is 768 g/mol. The van der Waals surface area contributed by atoms with Crippen LogP contribution in [-0.4, -0.2) is 109 Å². The van der Waals surface area contributed by atoms with Crippen LogP contribution in [0.4, 0.5) is 0 Å². The van der Waals surface area contributed by atoms with Crippen molar-refractivity contribution in [3.05, 3.63) is 6.54 Å². The molecule has 0 aromatic rings. The van der Waals surface area contributed by atoms with E-state index in [4.69, 9.17) is 5.73 Å². The summed E-state index contributed by atoms with van der Waals surface area (Å²) in [7, 11) is 9.93. The number of nitrogens with two attached hydrogens (primary N) is 1. The van der Waals surface area contributed by atoms with E-state index in [0.29, 0.717) is 0 Å². The van der Waals surface area contributed by atoms with Crippen LogP contribution in [0.3, 0.4) is 0 Å². The van der Waals surface area contributed by atoms with Crippen LogP contribution >= 0.6 is 0 Å². The second-order valence-corrected chi connectivity index (χ2v) is 9.63. The third-order valence-corrected chi connectivity index (χ3v) is 5.55. The molecule has 4 atom stereocenters. The minimum atomic E-state index is -0.766. The molecule has 5 amide bonds. The van der Waals surface area contributed by atoms with Crippen LogP contribution in [0.5, 0.6) is 0 Å². The number of hydrogen-bond acceptors (Lipinski definition) is 13. The molecule has 1 radical (unpaired) electrons. The van der Waals surface area contributed by atoms with Gasteiger partial charge in [0.1, 0.15) is 6.61 Å². The van der Waals surface area contributed by atoms with E-state index in [1.54, 1.807) is 27.7 Å². The molecule has 0 aliphatic carbocycles. The second kappa shape index (κ2) is 35.3. The molecule has 0 aromatic heterocycles. The van der Waals surface area contributed by atoms with E-state index in [0.717, 1.165) is 0 Å². The zero-order valence-corrected chi connectivity index (χ0v) is 32.8. The average molecular weight is 769 g/mol. The Kier molecular flexibility index (Phi) is 40.0. The Morgan fingerprint density at radius 1 is 0.667 bits per heavy atom. The standard InChI is InChI=1S/C8H14NO3.2C7H14N2O3.C7H13NO3.Y/c1-4-9-7(10)5-6(2)8(11)12-3;1-9-7(11)6(8)3-5(10)4-12-2;1-5(4-6(10)8-2)7(11)9-12-3;1-5(7(10)8-2)4-6(9)11-3;/h4,6H,5H2,1-3H3,(H,9,10);6H,3-4,8H2,1-2H3,(H,9,11);5H,4H2,1-3H3,(H,8,10)(H,9,11);5H,4H2,1-3H3,(H,8,10);/q-1;;;;. The van der Waals surface area contributed by atoms with Crippen LogP contribution in [0, 0.1) is 24.3 Å². The van der Waals surface area contributed by atoms with Crippen LogP contribution in [0.25, 0.3) is 0 Å². The zero-order chi connectivity index (χ0) is 37.5. The third kappa shape index (κ3) is 32.9. The number of ether oxygens (including phenoxy) is 3. The van der Waals surface area contributed by atoms with E-state index in [2.05, 4.69) is 45.8 Å². The molecule has 4 unspecified atom stereocenters. The number of carbonyl (C=O) groups is 8. The summed E-state index contributed by atoms with van der Waals surface area (Å²) < 4.78 is 13.4. The molecule has 0 heterocycles. The maximum absolute atomic E-state index is 11.0. The van der Waals surface area contributed by atoms with Crippen molar-refractivity contribution in [2.45, 2.75) is 59.4 Å². The van der Waals surface area contributed by atoms with Gasteiger partial charge < -0.3 is 41.2 Å². The van der Waals surface area contributed by atoms with Crippen molar-refractivity contribution in [3.63, 3.8) is 0 Å². The summed E-state index contributed by atoms with van der Waals surface area (Å²) in [4.78, 5) is 91.1. The summed E-state index contributed by atoms with van der Waals surface area (Å²) in [5.74, 6) is -3.05. The van der Waals surface area contributed by atoms with E-state index in [1.807, 2.05) is 0 Å². The molecule has 0 aromatic carbocycles. The molecule has 0 fully saturated rings. The van der Waals surface area contributed by atoms with E-state index in [1.165, 1.54) is 56.1 Å². The maximum atomic E-state index is 11.0. The largest absolute Gasteiger partial charge is 0.506 e. The fourth-order valence-corrected chi connectivity index (χ4v) is 2.87. The molecule has 19 heteroatoms. The number of amides is 5. The third-order valence-electron chi connectivity index (χ3n) is 5.55. The van der Waals surface area contributed by atoms with Crippen LogP contribution in [0.2, 0.25) is 0 Å². The van der Waals surface area contributed by atoms with Gasteiger partial charge in [0, 0.05) is 92.1 Å². The number of hydroxylamine groups is 1. The Bertz CT molecular complexity index is 933. The fourth-order valence-electron chi connectivity index (χ4n) is 2.87. The van der Waals surface area contributed by atoms with Crippen molar-refractivity contribution >= 4 is 47.3 Å². The van der Waals surface area contributed by atoms with E-state index in [9.17, 15) is 38.4 Å². The van der Waals surface area contributed by atoms with Gasteiger partial charge in [-0.2, -0.15) is 6.92 Å². The van der Waals surface area contributed by atoms with Crippen molar-refractivity contribution in [1.82, 2.24) is 26.7 Å². The van der Waals surface area contributed by atoms with Gasteiger partial charge in [-0.15, -0.1) is 0 Å². The summed E-state index contributed by atoms with van der Waals surface area (Å²) in [5.41, 5.74) is 7.53. The van der Waals surface area contributed by atoms with Gasteiger partial charge in [0.2, 0.25) is 23.6 Å². The Hall–Kier alpha value is -3.06. The molecule has 0 saturated heterocycles. The molecule has 0 saturated carbocycles. The molecule has 0 spiro atoms. The van der Waals surface area contributed by atoms with Crippen molar-refractivity contribution in [1.29, 1.82) is 0 Å². The summed E-state index contributed by atoms with van der Waals surface area (Å²) >= 11 is 0. The predicted molar refractivity (Wildman–Crippen MR) is 170 cm³/mol. The van der Waals surface area contributed by atoms with E-state index >= 15 is 0 Å². The van der Waals surface area contributed by atoms with Crippen LogP contribution in [-0.2, 0) is 90.1 Å². The first-order valence-corrected chi connectivity index (χ1v) is 14.4. The number of carbonyl (C=O) groups excluding carboxylic acids is 8. The molecule has 0 rings (SSSR count). The first kappa shape index (κ1) is 54.4. The summed E-state index contributed by atoms with van der Waals surface area (Å²) in [6.07, 6.45) is 0.492. The van der Waals surface area contributed by atoms with Gasteiger partial charge in [0.15, 0.2) is 11.7 Å². The summed E-state index contributed by atoms with van der Waals surface area (Å²) in [5, 5.41) is 9.72. The van der Waals surface area contributed by atoms with E-state index < -0.39 is 6.04 Å². The molecule has 48 heavy (non-hydrogen) atoms. The first-order valence-electron chi connectivity index (χ1n) is 14.4. The van der Waals surface area contributed by atoms with Crippen molar-refractivity contribution in [2.75, 3.05) is 56.2 Å². The minimum Gasteiger partial charge on any atom is -0.506 e. The molecule has 277 valence electrons. The van der Waals surface area contributed by atoms with Gasteiger partial charge in [0.25, 0.3) is 0 Å². The Labute approximate surface area is 308 Å². The topological polar surface area (TPSA) is 260 Å².